The molecular weight excluding hydrogens is 274 g/mol. The fourth-order valence-corrected chi connectivity index (χ4v) is 3.17. The van der Waals surface area contributed by atoms with Gasteiger partial charge in [-0.1, -0.05) is 11.8 Å². The van der Waals surface area contributed by atoms with Crippen molar-refractivity contribution in [2.45, 2.75) is 49.5 Å². The van der Waals surface area contributed by atoms with Crippen molar-refractivity contribution in [1.82, 2.24) is 14.9 Å². The number of aromatic nitrogens is 2. The molecule has 1 amide bonds. The van der Waals surface area contributed by atoms with Crippen LogP contribution in [0.3, 0.4) is 0 Å². The van der Waals surface area contributed by atoms with Gasteiger partial charge in [-0.2, -0.15) is 0 Å². The van der Waals surface area contributed by atoms with Gasteiger partial charge in [-0.15, -0.1) is 0 Å². The number of likely N-dealkylation sites (tertiary alicyclic amines) is 1. The molecule has 5 nitrogen and oxygen atoms in total. The van der Waals surface area contributed by atoms with Crippen LogP contribution in [-0.4, -0.2) is 44.9 Å². The molecule has 0 saturated carbocycles. The molecule has 2 heterocycles. The first-order valence-electron chi connectivity index (χ1n) is 6.84. The lowest BCUT2D eigenvalue weighted by molar-refractivity contribution is 0.0220. The van der Waals surface area contributed by atoms with E-state index < -0.39 is 5.60 Å². The maximum absolute atomic E-state index is 12.1. The number of hydrogen-bond acceptors (Lipinski definition) is 5. The van der Waals surface area contributed by atoms with Gasteiger partial charge in [0.05, 0.1) is 6.20 Å². The number of nitrogens with zero attached hydrogens (tertiary/aromatic N) is 3. The zero-order valence-corrected chi connectivity index (χ0v) is 13.0. The third-order valence-electron chi connectivity index (χ3n) is 2.86. The molecule has 0 spiro atoms. The third kappa shape index (κ3) is 4.67. The second kappa shape index (κ2) is 6.43. The molecule has 0 N–H and O–H groups in total. The summed E-state index contributed by atoms with van der Waals surface area (Å²) in [6, 6.07) is 0. The first kappa shape index (κ1) is 15.1. The Morgan fingerprint density at radius 3 is 2.90 bits per heavy atom. The average Bonchev–Trinajstić information content (AvgIpc) is 2.38. The van der Waals surface area contributed by atoms with Crippen molar-refractivity contribution >= 4 is 17.9 Å². The lowest BCUT2D eigenvalue weighted by atomic mass is 10.1. The van der Waals surface area contributed by atoms with Crippen LogP contribution in [0.5, 0.6) is 0 Å². The first-order valence-corrected chi connectivity index (χ1v) is 7.72. The molecule has 1 aliphatic rings. The van der Waals surface area contributed by atoms with Gasteiger partial charge in [0.25, 0.3) is 0 Å². The van der Waals surface area contributed by atoms with Crippen LogP contribution >= 0.6 is 11.8 Å². The van der Waals surface area contributed by atoms with E-state index in [1.807, 2.05) is 20.8 Å². The Kier molecular flexibility index (Phi) is 4.86. The highest BCUT2D eigenvalue weighted by Gasteiger charge is 2.28. The highest BCUT2D eigenvalue weighted by molar-refractivity contribution is 7.99. The molecule has 1 aliphatic heterocycles. The van der Waals surface area contributed by atoms with Gasteiger partial charge < -0.3 is 9.64 Å². The zero-order valence-electron chi connectivity index (χ0n) is 12.2. The molecule has 1 aromatic rings. The minimum Gasteiger partial charge on any atom is -0.444 e. The minimum atomic E-state index is -0.442. The quantitative estimate of drug-likeness (QED) is 0.839. The van der Waals surface area contributed by atoms with Crippen LogP contribution < -0.4 is 0 Å². The maximum atomic E-state index is 12.1. The number of amides is 1. The number of rotatable bonds is 2. The van der Waals surface area contributed by atoms with Gasteiger partial charge in [0.1, 0.15) is 10.6 Å². The predicted molar refractivity (Wildman–Crippen MR) is 78.7 cm³/mol. The SMILES string of the molecule is CC(C)(C)OC(=O)N1CCC[C@H](Sc2cnccn2)C1. The summed E-state index contributed by atoms with van der Waals surface area (Å²) < 4.78 is 5.43. The summed E-state index contributed by atoms with van der Waals surface area (Å²) in [5.41, 5.74) is -0.442. The molecule has 0 radical (unpaired) electrons. The maximum Gasteiger partial charge on any atom is 0.410 e. The molecule has 1 aromatic heterocycles. The lowest BCUT2D eigenvalue weighted by Crippen LogP contribution is -2.43. The van der Waals surface area contributed by atoms with Crippen LogP contribution in [0.1, 0.15) is 33.6 Å². The van der Waals surface area contributed by atoms with Crippen molar-refractivity contribution < 1.29 is 9.53 Å². The summed E-state index contributed by atoms with van der Waals surface area (Å²) in [5, 5.41) is 1.26. The van der Waals surface area contributed by atoms with Crippen LogP contribution in [0.4, 0.5) is 4.79 Å². The van der Waals surface area contributed by atoms with E-state index >= 15 is 0 Å². The van der Waals surface area contributed by atoms with E-state index in [2.05, 4.69) is 9.97 Å². The lowest BCUT2D eigenvalue weighted by Gasteiger charge is -2.33. The Labute approximate surface area is 124 Å². The first-order chi connectivity index (χ1) is 9.44. The standard InChI is InChI=1S/C14H21N3O2S/c1-14(2,3)19-13(18)17-8-4-5-11(10-17)20-12-9-15-6-7-16-12/h6-7,9,11H,4-5,8,10H2,1-3H3/t11-/m0/s1. The van der Waals surface area contributed by atoms with E-state index in [9.17, 15) is 4.79 Å². The topological polar surface area (TPSA) is 55.3 Å². The van der Waals surface area contributed by atoms with Crippen molar-refractivity contribution in [2.24, 2.45) is 0 Å². The largest absolute Gasteiger partial charge is 0.444 e. The van der Waals surface area contributed by atoms with Gasteiger partial charge in [0.2, 0.25) is 0 Å². The van der Waals surface area contributed by atoms with E-state index in [1.165, 1.54) is 0 Å². The monoisotopic (exact) mass is 295 g/mol. The van der Waals surface area contributed by atoms with Gasteiger partial charge >= 0.3 is 6.09 Å². The number of piperidine rings is 1. The predicted octanol–water partition coefficient (Wildman–Crippen LogP) is 2.97. The molecule has 0 unspecified atom stereocenters. The second-order valence-corrected chi connectivity index (χ2v) is 7.17. The molecule has 6 heteroatoms. The van der Waals surface area contributed by atoms with Crippen LogP contribution in [0.25, 0.3) is 0 Å². The summed E-state index contributed by atoms with van der Waals surface area (Å²) in [4.78, 5) is 22.2. The van der Waals surface area contributed by atoms with Crippen LogP contribution in [-0.2, 0) is 4.74 Å². The van der Waals surface area contributed by atoms with Crippen molar-refractivity contribution in [3.8, 4) is 0 Å². The molecule has 1 atom stereocenters. The summed E-state index contributed by atoms with van der Waals surface area (Å²) in [7, 11) is 0. The number of thioether (sulfide) groups is 1. The van der Waals surface area contributed by atoms with Gasteiger partial charge in [-0.25, -0.2) is 9.78 Å². The Bertz CT molecular complexity index is 447. The fraction of sp³-hybridized carbons (Fsp3) is 0.643. The summed E-state index contributed by atoms with van der Waals surface area (Å²) in [6.07, 6.45) is 6.98. The van der Waals surface area contributed by atoms with Crippen LogP contribution in [0, 0.1) is 0 Å². The fourth-order valence-electron chi connectivity index (χ4n) is 2.04. The Morgan fingerprint density at radius 1 is 1.45 bits per heavy atom. The average molecular weight is 295 g/mol. The minimum absolute atomic E-state index is 0.220. The zero-order chi connectivity index (χ0) is 14.6. The Morgan fingerprint density at radius 2 is 2.25 bits per heavy atom. The Balaban J connectivity index is 1.90. The van der Waals surface area contributed by atoms with Crippen LogP contribution in [0.2, 0.25) is 0 Å². The van der Waals surface area contributed by atoms with Gasteiger partial charge in [-0.05, 0) is 33.6 Å². The highest BCUT2D eigenvalue weighted by Crippen LogP contribution is 2.28. The van der Waals surface area contributed by atoms with E-state index in [-0.39, 0.29) is 6.09 Å². The summed E-state index contributed by atoms with van der Waals surface area (Å²) in [6.45, 7) is 7.14. The molecule has 110 valence electrons. The van der Waals surface area contributed by atoms with Gasteiger partial charge in [-0.3, -0.25) is 4.98 Å². The smallest absolute Gasteiger partial charge is 0.410 e. The number of carbonyl (C=O) groups excluding carboxylic acids is 1. The molecule has 1 fully saturated rings. The molecule has 0 aliphatic carbocycles. The number of ether oxygens (including phenoxy) is 1. The van der Waals surface area contributed by atoms with Crippen LogP contribution in [0.15, 0.2) is 23.6 Å². The van der Waals surface area contributed by atoms with E-state index in [1.54, 1.807) is 35.3 Å². The normalized spacial score (nSPS) is 19.8. The summed E-state index contributed by atoms with van der Waals surface area (Å²) >= 11 is 1.68. The number of hydrogen-bond donors (Lipinski definition) is 0. The molecular formula is C14H21N3O2S. The van der Waals surface area contributed by atoms with E-state index in [0.717, 1.165) is 24.4 Å². The molecule has 1 saturated heterocycles. The summed E-state index contributed by atoms with van der Waals surface area (Å²) in [5.74, 6) is 0. The van der Waals surface area contributed by atoms with Crippen molar-refractivity contribution in [2.75, 3.05) is 13.1 Å². The van der Waals surface area contributed by atoms with Gasteiger partial charge in [0.15, 0.2) is 0 Å². The molecule has 0 bridgehead atoms. The molecule has 2 rings (SSSR count). The highest BCUT2D eigenvalue weighted by atomic mass is 32.2. The van der Waals surface area contributed by atoms with Crippen molar-refractivity contribution in [3.63, 3.8) is 0 Å². The van der Waals surface area contributed by atoms with Crippen molar-refractivity contribution in [3.05, 3.63) is 18.6 Å². The molecule has 20 heavy (non-hydrogen) atoms. The third-order valence-corrected chi connectivity index (χ3v) is 4.03. The Hall–Kier alpha value is -1.30. The van der Waals surface area contributed by atoms with Crippen molar-refractivity contribution in [1.29, 1.82) is 0 Å². The van der Waals surface area contributed by atoms with E-state index in [4.69, 9.17) is 4.74 Å². The number of carbonyl (C=O) groups is 1. The van der Waals surface area contributed by atoms with E-state index in [0.29, 0.717) is 11.8 Å². The molecule has 0 aromatic carbocycles. The second-order valence-electron chi connectivity index (χ2n) is 5.85. The van der Waals surface area contributed by atoms with Gasteiger partial charge in [0, 0.05) is 30.7 Å².